The first kappa shape index (κ1) is 11.8. The molecule has 1 heterocycles. The Hall–Kier alpha value is -2.23. The molecule has 1 aliphatic carbocycles. The van der Waals surface area contributed by atoms with Crippen LogP contribution in [0, 0.1) is 0 Å². The van der Waals surface area contributed by atoms with Crippen molar-refractivity contribution >= 4 is 22.5 Å². The minimum atomic E-state index is 0.245. The Labute approximate surface area is 111 Å². The summed E-state index contributed by atoms with van der Waals surface area (Å²) in [5.74, 6) is 0.245. The van der Waals surface area contributed by atoms with E-state index in [0.29, 0.717) is 6.42 Å². The minimum absolute atomic E-state index is 0.245. The van der Waals surface area contributed by atoms with Gasteiger partial charge in [0.15, 0.2) is 5.78 Å². The van der Waals surface area contributed by atoms with Crippen LogP contribution in [0.2, 0.25) is 0 Å². The highest BCUT2D eigenvalue weighted by atomic mass is 16.1. The van der Waals surface area contributed by atoms with E-state index in [4.69, 9.17) is 0 Å². The molecule has 4 nitrogen and oxygen atoms in total. The van der Waals surface area contributed by atoms with Gasteiger partial charge in [0.2, 0.25) is 0 Å². The molecule has 2 aromatic rings. The third kappa shape index (κ3) is 2.34. The normalized spacial score (nSPS) is 15.9. The van der Waals surface area contributed by atoms with E-state index in [2.05, 4.69) is 15.3 Å². The summed E-state index contributed by atoms with van der Waals surface area (Å²) in [6, 6.07) is 5.86. The fourth-order valence-electron chi connectivity index (χ4n) is 2.34. The van der Waals surface area contributed by atoms with E-state index >= 15 is 0 Å². The summed E-state index contributed by atoms with van der Waals surface area (Å²) in [5, 5.41) is 3.34. The molecule has 0 radical (unpaired) electrons. The zero-order valence-electron chi connectivity index (χ0n) is 10.8. The molecular formula is C15H15N3O. The molecule has 0 atom stereocenters. The minimum Gasteiger partial charge on any atom is -0.359 e. The molecule has 0 bridgehead atoms. The largest absolute Gasteiger partial charge is 0.359 e. The molecule has 0 aliphatic heterocycles. The number of ketones is 1. The van der Waals surface area contributed by atoms with Gasteiger partial charge in [-0.3, -0.25) is 14.8 Å². The van der Waals surface area contributed by atoms with Gasteiger partial charge in [-0.2, -0.15) is 0 Å². The zero-order valence-corrected chi connectivity index (χ0v) is 10.8. The molecule has 1 aliphatic rings. The predicted octanol–water partition coefficient (Wildman–Crippen LogP) is 3.07. The van der Waals surface area contributed by atoms with Crippen molar-refractivity contribution in [2.45, 2.75) is 26.2 Å². The Morgan fingerprint density at radius 3 is 2.74 bits per heavy atom. The summed E-state index contributed by atoms with van der Waals surface area (Å²) < 4.78 is 0. The molecule has 0 saturated carbocycles. The van der Waals surface area contributed by atoms with Gasteiger partial charge in [0, 0.05) is 35.8 Å². The first-order chi connectivity index (χ1) is 9.24. The van der Waals surface area contributed by atoms with Gasteiger partial charge in [-0.05, 0) is 38.0 Å². The van der Waals surface area contributed by atoms with Crippen LogP contribution in [0.25, 0.3) is 11.0 Å². The number of Topliss-reactive ketones (excluding diaryl/α,β-unsaturated/α-hetero) is 1. The highest BCUT2D eigenvalue weighted by molar-refractivity contribution is 5.97. The zero-order chi connectivity index (χ0) is 13.2. The van der Waals surface area contributed by atoms with Crippen LogP contribution in [-0.2, 0) is 4.79 Å². The highest BCUT2D eigenvalue weighted by Gasteiger charge is 2.16. The summed E-state index contributed by atoms with van der Waals surface area (Å²) in [6.07, 6.45) is 5.88. The number of carbonyl (C=O) groups is 1. The molecule has 0 spiro atoms. The molecule has 0 fully saturated rings. The van der Waals surface area contributed by atoms with Gasteiger partial charge >= 0.3 is 0 Å². The summed E-state index contributed by atoms with van der Waals surface area (Å²) >= 11 is 0. The smallest absolute Gasteiger partial charge is 0.160 e. The Morgan fingerprint density at radius 2 is 1.89 bits per heavy atom. The maximum atomic E-state index is 11.7. The van der Waals surface area contributed by atoms with Crippen molar-refractivity contribution in [1.82, 2.24) is 9.97 Å². The first-order valence-corrected chi connectivity index (χ1v) is 6.45. The monoisotopic (exact) mass is 253 g/mol. The molecule has 19 heavy (non-hydrogen) atoms. The molecule has 96 valence electrons. The third-order valence-electron chi connectivity index (χ3n) is 3.47. The number of hydrogen-bond acceptors (Lipinski definition) is 4. The van der Waals surface area contributed by atoms with Crippen molar-refractivity contribution in [3.05, 3.63) is 41.9 Å². The Morgan fingerprint density at radius 1 is 1.11 bits per heavy atom. The first-order valence-electron chi connectivity index (χ1n) is 6.45. The molecule has 0 amide bonds. The quantitative estimate of drug-likeness (QED) is 0.893. The van der Waals surface area contributed by atoms with Crippen LogP contribution in [-0.4, -0.2) is 15.8 Å². The van der Waals surface area contributed by atoms with Crippen LogP contribution < -0.4 is 5.32 Å². The lowest BCUT2D eigenvalue weighted by Gasteiger charge is -2.18. The molecule has 4 heteroatoms. The van der Waals surface area contributed by atoms with Crippen LogP contribution >= 0.6 is 0 Å². The summed E-state index contributed by atoms with van der Waals surface area (Å²) in [7, 11) is 0. The van der Waals surface area contributed by atoms with Gasteiger partial charge in [-0.15, -0.1) is 0 Å². The lowest BCUT2D eigenvalue weighted by Crippen LogP contribution is -2.14. The number of nitrogens with one attached hydrogen (secondary N) is 1. The number of allylic oxidation sites excluding steroid dienone is 2. The highest BCUT2D eigenvalue weighted by Crippen LogP contribution is 2.24. The Bertz CT molecular complexity index is 676. The van der Waals surface area contributed by atoms with E-state index in [1.54, 1.807) is 12.4 Å². The topological polar surface area (TPSA) is 54.9 Å². The number of hydrogen-bond donors (Lipinski definition) is 1. The summed E-state index contributed by atoms with van der Waals surface area (Å²) in [4.78, 5) is 20.2. The van der Waals surface area contributed by atoms with E-state index in [0.717, 1.165) is 40.8 Å². The van der Waals surface area contributed by atoms with Gasteiger partial charge in [-0.1, -0.05) is 0 Å². The Balaban J connectivity index is 1.93. The summed E-state index contributed by atoms with van der Waals surface area (Å²) in [5.41, 5.74) is 4.56. The number of nitrogens with zero attached hydrogens (tertiary/aromatic N) is 2. The molecule has 0 saturated heterocycles. The van der Waals surface area contributed by atoms with Crippen LogP contribution in [0.5, 0.6) is 0 Å². The van der Waals surface area contributed by atoms with Crippen LogP contribution in [0.1, 0.15) is 26.2 Å². The second-order valence-corrected chi connectivity index (χ2v) is 4.77. The molecule has 1 aromatic carbocycles. The average Bonchev–Trinajstić information content (AvgIpc) is 2.44. The fourth-order valence-corrected chi connectivity index (χ4v) is 2.34. The number of anilines is 1. The van der Waals surface area contributed by atoms with Crippen molar-refractivity contribution in [3.8, 4) is 0 Å². The average molecular weight is 253 g/mol. The van der Waals surface area contributed by atoms with Gasteiger partial charge in [-0.25, -0.2) is 0 Å². The number of carbonyl (C=O) groups excluding carboxylic acids is 1. The van der Waals surface area contributed by atoms with Crippen molar-refractivity contribution in [3.63, 3.8) is 0 Å². The maximum Gasteiger partial charge on any atom is 0.160 e. The van der Waals surface area contributed by atoms with E-state index in [1.807, 2.05) is 25.1 Å². The van der Waals surface area contributed by atoms with Crippen molar-refractivity contribution in [2.24, 2.45) is 0 Å². The number of aromatic nitrogens is 2. The number of fused-ring (bicyclic) bond motifs is 1. The number of benzene rings is 1. The maximum absolute atomic E-state index is 11.7. The third-order valence-corrected chi connectivity index (χ3v) is 3.47. The molecule has 1 aromatic heterocycles. The lowest BCUT2D eigenvalue weighted by molar-refractivity contribution is -0.116. The second kappa shape index (κ2) is 4.80. The van der Waals surface area contributed by atoms with Crippen molar-refractivity contribution in [1.29, 1.82) is 0 Å². The SMILES string of the molecule is CC1=C(Nc2ccc3nccnc3c2)CCCC1=O. The van der Waals surface area contributed by atoms with Crippen molar-refractivity contribution < 1.29 is 4.79 Å². The van der Waals surface area contributed by atoms with E-state index in [9.17, 15) is 4.79 Å². The Kier molecular flexibility index (Phi) is 2.99. The van der Waals surface area contributed by atoms with Crippen LogP contribution in [0.15, 0.2) is 41.9 Å². The van der Waals surface area contributed by atoms with Crippen LogP contribution in [0.3, 0.4) is 0 Å². The summed E-state index contributed by atoms with van der Waals surface area (Å²) in [6.45, 7) is 1.89. The van der Waals surface area contributed by atoms with E-state index < -0.39 is 0 Å². The standard InChI is InChI=1S/C15H15N3O/c1-10-12(3-2-4-15(10)19)18-11-5-6-13-14(9-11)17-8-7-16-13/h5-9,18H,2-4H2,1H3. The van der Waals surface area contributed by atoms with Gasteiger partial charge in [0.1, 0.15) is 0 Å². The van der Waals surface area contributed by atoms with Gasteiger partial charge in [0.25, 0.3) is 0 Å². The molecular weight excluding hydrogens is 238 g/mol. The molecule has 3 rings (SSSR count). The fraction of sp³-hybridized carbons (Fsp3) is 0.267. The predicted molar refractivity (Wildman–Crippen MR) is 74.7 cm³/mol. The second-order valence-electron chi connectivity index (χ2n) is 4.77. The molecule has 0 unspecified atom stereocenters. The van der Waals surface area contributed by atoms with Crippen molar-refractivity contribution in [2.75, 3.05) is 5.32 Å². The van der Waals surface area contributed by atoms with Crippen LogP contribution in [0.4, 0.5) is 5.69 Å². The lowest BCUT2D eigenvalue weighted by atomic mass is 9.96. The number of rotatable bonds is 2. The van der Waals surface area contributed by atoms with Gasteiger partial charge in [0.05, 0.1) is 11.0 Å². The van der Waals surface area contributed by atoms with Gasteiger partial charge < -0.3 is 5.32 Å². The molecule has 1 N–H and O–H groups in total. The van der Waals surface area contributed by atoms with E-state index in [-0.39, 0.29) is 5.78 Å². The van der Waals surface area contributed by atoms with E-state index in [1.165, 1.54) is 0 Å².